The number of fused-ring (bicyclic) bond motifs is 1. The fourth-order valence-electron chi connectivity index (χ4n) is 2.39. The van der Waals surface area contributed by atoms with E-state index in [9.17, 15) is 19.3 Å². The van der Waals surface area contributed by atoms with Crippen LogP contribution < -0.4 is 10.9 Å². The molecular weight excluding hydrogens is 315 g/mol. The Morgan fingerprint density at radius 2 is 2.00 bits per heavy atom. The molecule has 1 heterocycles. The average Bonchev–Trinajstić information content (AvgIpc) is 2.56. The first-order chi connectivity index (χ1) is 11.5. The van der Waals surface area contributed by atoms with Crippen LogP contribution in [0, 0.1) is 15.9 Å². The molecule has 0 fully saturated rings. The largest absolute Gasteiger partial charge is 0.379 e. The number of benzene rings is 2. The fraction of sp³-hybridized carbons (Fsp3) is 0.125. The van der Waals surface area contributed by atoms with Crippen LogP contribution in [0.4, 0.5) is 15.8 Å². The molecule has 2 N–H and O–H groups in total. The molecule has 0 aliphatic heterocycles. The Morgan fingerprint density at radius 3 is 2.71 bits per heavy atom. The Bertz CT molecular complexity index is 954. The lowest BCUT2D eigenvalue weighted by atomic mass is 10.1. The zero-order valence-electron chi connectivity index (χ0n) is 12.5. The maximum atomic E-state index is 12.9. The molecule has 0 amide bonds. The first-order valence-electron chi connectivity index (χ1n) is 7.19. The number of halogens is 1. The first-order valence-corrected chi connectivity index (χ1v) is 7.19. The van der Waals surface area contributed by atoms with E-state index in [2.05, 4.69) is 15.3 Å². The number of nitro groups is 1. The lowest BCUT2D eigenvalue weighted by molar-refractivity contribution is -0.383. The molecule has 0 aliphatic rings. The van der Waals surface area contributed by atoms with E-state index in [1.54, 1.807) is 12.1 Å². The van der Waals surface area contributed by atoms with Crippen LogP contribution in [0.15, 0.2) is 47.5 Å². The van der Waals surface area contributed by atoms with E-state index in [4.69, 9.17) is 0 Å². The van der Waals surface area contributed by atoms with E-state index in [1.807, 2.05) is 0 Å². The highest BCUT2D eigenvalue weighted by Gasteiger charge is 2.16. The van der Waals surface area contributed by atoms with Crippen molar-refractivity contribution in [2.75, 3.05) is 11.9 Å². The van der Waals surface area contributed by atoms with Gasteiger partial charge in [0, 0.05) is 12.6 Å². The van der Waals surface area contributed by atoms with Gasteiger partial charge in [-0.05, 0) is 30.2 Å². The number of aromatic nitrogens is 2. The van der Waals surface area contributed by atoms with Crippen LogP contribution in [0.3, 0.4) is 0 Å². The smallest absolute Gasteiger partial charge is 0.293 e. The average molecular weight is 328 g/mol. The van der Waals surface area contributed by atoms with Crippen molar-refractivity contribution < 1.29 is 9.31 Å². The topological polar surface area (TPSA) is 101 Å². The highest BCUT2D eigenvalue weighted by molar-refractivity contribution is 5.86. The fourth-order valence-corrected chi connectivity index (χ4v) is 2.39. The number of hydrogen-bond donors (Lipinski definition) is 2. The molecule has 0 atom stereocenters. The molecule has 122 valence electrons. The van der Waals surface area contributed by atoms with Crippen molar-refractivity contribution >= 4 is 22.3 Å². The summed E-state index contributed by atoms with van der Waals surface area (Å²) in [4.78, 5) is 28.8. The lowest BCUT2D eigenvalue weighted by Gasteiger charge is -2.08. The maximum absolute atomic E-state index is 12.9. The molecule has 0 unspecified atom stereocenters. The minimum atomic E-state index is -0.549. The van der Waals surface area contributed by atoms with Crippen LogP contribution in [-0.2, 0) is 6.42 Å². The molecule has 3 rings (SSSR count). The summed E-state index contributed by atoms with van der Waals surface area (Å²) < 4.78 is 12.9. The Hall–Kier alpha value is -3.29. The van der Waals surface area contributed by atoms with Crippen molar-refractivity contribution in [2.24, 2.45) is 0 Å². The molecule has 0 spiro atoms. The van der Waals surface area contributed by atoms with E-state index in [1.165, 1.54) is 30.6 Å². The van der Waals surface area contributed by atoms with Crippen LogP contribution in [0.2, 0.25) is 0 Å². The molecule has 0 aliphatic carbocycles. The minimum Gasteiger partial charge on any atom is -0.379 e. The summed E-state index contributed by atoms with van der Waals surface area (Å²) in [5, 5.41) is 14.4. The van der Waals surface area contributed by atoms with Crippen molar-refractivity contribution in [1.29, 1.82) is 0 Å². The third-order valence-electron chi connectivity index (χ3n) is 3.60. The second kappa shape index (κ2) is 6.45. The van der Waals surface area contributed by atoms with Gasteiger partial charge in [-0.25, -0.2) is 9.37 Å². The number of aromatic amines is 1. The third-order valence-corrected chi connectivity index (χ3v) is 3.60. The molecule has 8 heteroatoms. The van der Waals surface area contributed by atoms with Gasteiger partial charge in [0.1, 0.15) is 11.5 Å². The molecule has 7 nitrogen and oxygen atoms in total. The summed E-state index contributed by atoms with van der Waals surface area (Å²) in [5.41, 5.74) is 0.935. The van der Waals surface area contributed by atoms with E-state index in [-0.39, 0.29) is 22.6 Å². The number of anilines is 1. The predicted octanol–water partition coefficient (Wildman–Crippen LogP) is 2.63. The number of nitrogens with one attached hydrogen (secondary N) is 2. The van der Waals surface area contributed by atoms with Gasteiger partial charge in [-0.2, -0.15) is 0 Å². The normalized spacial score (nSPS) is 10.7. The predicted molar refractivity (Wildman–Crippen MR) is 87.6 cm³/mol. The molecule has 24 heavy (non-hydrogen) atoms. The highest BCUT2D eigenvalue weighted by atomic mass is 19.1. The highest BCUT2D eigenvalue weighted by Crippen LogP contribution is 2.27. The monoisotopic (exact) mass is 328 g/mol. The van der Waals surface area contributed by atoms with Crippen LogP contribution in [-0.4, -0.2) is 21.4 Å². The first kappa shape index (κ1) is 15.6. The van der Waals surface area contributed by atoms with Crippen LogP contribution in [0.5, 0.6) is 0 Å². The quantitative estimate of drug-likeness (QED) is 0.554. The van der Waals surface area contributed by atoms with Crippen molar-refractivity contribution in [3.05, 3.63) is 74.6 Å². The van der Waals surface area contributed by atoms with Gasteiger partial charge >= 0.3 is 0 Å². The molecule has 3 aromatic rings. The molecular formula is C16H13FN4O3. The summed E-state index contributed by atoms with van der Waals surface area (Å²) in [5.74, 6) is -0.312. The zero-order chi connectivity index (χ0) is 17.1. The number of H-pyrrole nitrogens is 1. The standard InChI is InChI=1S/C16H13FN4O3/c17-11-3-1-10(2-4-11)5-6-18-14-8-13-12(7-15(14)21(23)24)16(22)20-9-19-13/h1-4,7-9,18H,5-6H2,(H,19,20,22). The molecule has 0 saturated carbocycles. The van der Waals surface area contributed by atoms with Crippen molar-refractivity contribution in [3.63, 3.8) is 0 Å². The Labute approximate surface area is 135 Å². The molecule has 1 aromatic heterocycles. The van der Waals surface area contributed by atoms with Crippen LogP contribution >= 0.6 is 0 Å². The van der Waals surface area contributed by atoms with Gasteiger partial charge in [-0.1, -0.05) is 12.1 Å². The number of nitrogens with zero attached hydrogens (tertiary/aromatic N) is 2. The number of hydrogen-bond acceptors (Lipinski definition) is 5. The maximum Gasteiger partial charge on any atom is 0.293 e. The summed E-state index contributed by atoms with van der Waals surface area (Å²) in [6.07, 6.45) is 1.82. The van der Waals surface area contributed by atoms with Gasteiger partial charge in [0.2, 0.25) is 0 Å². The van der Waals surface area contributed by atoms with Crippen molar-refractivity contribution in [2.45, 2.75) is 6.42 Å². The third kappa shape index (κ3) is 3.22. The molecule has 2 aromatic carbocycles. The van der Waals surface area contributed by atoms with Crippen molar-refractivity contribution in [3.8, 4) is 0 Å². The van der Waals surface area contributed by atoms with E-state index < -0.39 is 10.5 Å². The van der Waals surface area contributed by atoms with Gasteiger partial charge in [-0.3, -0.25) is 14.9 Å². The number of nitro benzene ring substituents is 1. The molecule has 0 bridgehead atoms. The summed E-state index contributed by atoms with van der Waals surface area (Å²) in [6.45, 7) is 0.418. The van der Waals surface area contributed by atoms with Gasteiger partial charge in [0.05, 0.1) is 22.2 Å². The summed E-state index contributed by atoms with van der Waals surface area (Å²) >= 11 is 0. The van der Waals surface area contributed by atoms with Gasteiger partial charge < -0.3 is 10.3 Å². The van der Waals surface area contributed by atoms with Gasteiger partial charge in [0.25, 0.3) is 11.2 Å². The Balaban J connectivity index is 1.85. The second-order valence-corrected chi connectivity index (χ2v) is 5.18. The summed E-state index contributed by atoms with van der Waals surface area (Å²) in [7, 11) is 0. The van der Waals surface area contributed by atoms with Crippen LogP contribution in [0.1, 0.15) is 5.56 Å². The SMILES string of the molecule is O=c1[nH]cnc2cc(NCCc3ccc(F)cc3)c([N+](=O)[O-])cc12. The van der Waals surface area contributed by atoms with Gasteiger partial charge in [0.15, 0.2) is 0 Å². The van der Waals surface area contributed by atoms with Gasteiger partial charge in [-0.15, -0.1) is 0 Å². The van der Waals surface area contributed by atoms with E-state index >= 15 is 0 Å². The Morgan fingerprint density at radius 1 is 1.25 bits per heavy atom. The lowest BCUT2D eigenvalue weighted by Crippen LogP contribution is -2.10. The second-order valence-electron chi connectivity index (χ2n) is 5.18. The molecule has 0 saturated heterocycles. The minimum absolute atomic E-state index is 0.160. The van der Waals surface area contributed by atoms with Crippen LogP contribution in [0.25, 0.3) is 10.9 Å². The van der Waals surface area contributed by atoms with E-state index in [0.29, 0.717) is 18.5 Å². The number of rotatable bonds is 5. The zero-order valence-corrected chi connectivity index (χ0v) is 12.5. The summed E-state index contributed by atoms with van der Waals surface area (Å²) in [6, 6.07) is 8.74. The molecule has 0 radical (unpaired) electrons. The van der Waals surface area contributed by atoms with Crippen molar-refractivity contribution in [1.82, 2.24) is 9.97 Å². The Kier molecular flexibility index (Phi) is 4.19. The van der Waals surface area contributed by atoms with E-state index in [0.717, 1.165) is 5.56 Å².